The summed E-state index contributed by atoms with van der Waals surface area (Å²) in [7, 11) is 0. The van der Waals surface area contributed by atoms with E-state index in [2.05, 4.69) is 37.9 Å². The van der Waals surface area contributed by atoms with Crippen LogP contribution in [0.4, 0.5) is 0 Å². The Balaban J connectivity index is 3.02. The lowest BCUT2D eigenvalue weighted by Gasteiger charge is -2.24. The molecular weight excluding hydrogens is 174 g/mol. The smallest absolute Gasteiger partial charge is 0.211 e. The molecular formula is C12H15NO. The summed E-state index contributed by atoms with van der Waals surface area (Å²) in [5.74, 6) is 0. The Kier molecular flexibility index (Phi) is 3.21. The summed E-state index contributed by atoms with van der Waals surface area (Å²) in [6.07, 6.45) is 1.59. The summed E-state index contributed by atoms with van der Waals surface area (Å²) in [5.41, 5.74) is 2.38. The molecule has 0 atom stereocenters. The second kappa shape index (κ2) is 4.21. The van der Waals surface area contributed by atoms with Crippen molar-refractivity contribution >= 4 is 6.08 Å². The molecule has 1 aromatic carbocycles. The van der Waals surface area contributed by atoms with Gasteiger partial charge in [-0.1, -0.05) is 38.1 Å². The maximum Gasteiger partial charge on any atom is 0.234 e. The number of aliphatic imine (C=N–C) groups is 1. The van der Waals surface area contributed by atoms with Crippen LogP contribution in [0.1, 0.15) is 25.0 Å². The van der Waals surface area contributed by atoms with Crippen molar-refractivity contribution in [2.24, 2.45) is 4.99 Å². The van der Waals surface area contributed by atoms with Gasteiger partial charge in [-0.25, -0.2) is 9.79 Å². The fourth-order valence-electron chi connectivity index (χ4n) is 1.65. The molecule has 14 heavy (non-hydrogen) atoms. The van der Waals surface area contributed by atoms with Gasteiger partial charge in [-0.2, -0.15) is 0 Å². The van der Waals surface area contributed by atoms with Crippen LogP contribution < -0.4 is 0 Å². The standard InChI is InChI=1S/C12H15NO/c1-10-6-4-5-7-11(10)12(2,3)8-13-9-14/h4-7H,8H2,1-3H3. The molecule has 0 amide bonds. The van der Waals surface area contributed by atoms with Crippen LogP contribution in [-0.2, 0) is 10.2 Å². The molecule has 0 aromatic heterocycles. The van der Waals surface area contributed by atoms with E-state index in [-0.39, 0.29) is 5.41 Å². The molecule has 0 unspecified atom stereocenters. The third-order valence-corrected chi connectivity index (χ3v) is 2.41. The first-order chi connectivity index (χ1) is 6.58. The number of hydrogen-bond acceptors (Lipinski definition) is 2. The topological polar surface area (TPSA) is 29.4 Å². The van der Waals surface area contributed by atoms with Crippen molar-refractivity contribution in [1.29, 1.82) is 0 Å². The van der Waals surface area contributed by atoms with Gasteiger partial charge in [-0.05, 0) is 18.1 Å². The van der Waals surface area contributed by atoms with E-state index in [9.17, 15) is 4.79 Å². The molecule has 1 aromatic rings. The summed E-state index contributed by atoms with van der Waals surface area (Å²) in [4.78, 5) is 13.7. The van der Waals surface area contributed by atoms with Crippen molar-refractivity contribution in [3.05, 3.63) is 35.4 Å². The molecule has 0 aliphatic rings. The van der Waals surface area contributed by atoms with E-state index >= 15 is 0 Å². The van der Waals surface area contributed by atoms with Gasteiger partial charge >= 0.3 is 0 Å². The highest BCUT2D eigenvalue weighted by molar-refractivity contribution is 5.36. The summed E-state index contributed by atoms with van der Waals surface area (Å²) < 4.78 is 0. The number of carbonyl (C=O) groups excluding carboxylic acids is 1. The lowest BCUT2D eigenvalue weighted by molar-refractivity contribution is 0.524. The van der Waals surface area contributed by atoms with E-state index in [1.165, 1.54) is 11.1 Å². The van der Waals surface area contributed by atoms with Gasteiger partial charge in [0, 0.05) is 5.41 Å². The Bertz CT molecular complexity index is 362. The van der Waals surface area contributed by atoms with Crippen LogP contribution in [0.25, 0.3) is 0 Å². The van der Waals surface area contributed by atoms with Crippen molar-refractivity contribution in [3.8, 4) is 0 Å². The third-order valence-electron chi connectivity index (χ3n) is 2.41. The van der Waals surface area contributed by atoms with Gasteiger partial charge in [0.25, 0.3) is 0 Å². The molecule has 2 nitrogen and oxygen atoms in total. The quantitative estimate of drug-likeness (QED) is 0.531. The summed E-state index contributed by atoms with van der Waals surface area (Å²) in [5, 5.41) is 0. The summed E-state index contributed by atoms with van der Waals surface area (Å²) in [6.45, 7) is 6.72. The minimum atomic E-state index is -0.0945. The number of benzene rings is 1. The number of isocyanates is 1. The second-order valence-electron chi connectivity index (χ2n) is 4.11. The van der Waals surface area contributed by atoms with Gasteiger partial charge in [-0.15, -0.1) is 0 Å². The first-order valence-electron chi connectivity index (χ1n) is 4.67. The number of hydrogen-bond donors (Lipinski definition) is 0. The van der Waals surface area contributed by atoms with Crippen molar-refractivity contribution < 1.29 is 4.79 Å². The Labute approximate surface area is 84.7 Å². The Morgan fingerprint density at radius 1 is 1.36 bits per heavy atom. The lowest BCUT2D eigenvalue weighted by atomic mass is 9.82. The predicted molar refractivity (Wildman–Crippen MR) is 57.2 cm³/mol. The fourth-order valence-corrected chi connectivity index (χ4v) is 1.65. The highest BCUT2D eigenvalue weighted by Gasteiger charge is 2.21. The SMILES string of the molecule is Cc1ccccc1C(C)(C)CN=C=O. The molecule has 1 rings (SSSR count). The minimum absolute atomic E-state index is 0.0945. The van der Waals surface area contributed by atoms with Crippen molar-refractivity contribution in [2.75, 3.05) is 6.54 Å². The van der Waals surface area contributed by atoms with E-state index in [1.54, 1.807) is 6.08 Å². The van der Waals surface area contributed by atoms with Gasteiger partial charge < -0.3 is 0 Å². The first kappa shape index (κ1) is 10.7. The van der Waals surface area contributed by atoms with Crippen molar-refractivity contribution in [2.45, 2.75) is 26.2 Å². The minimum Gasteiger partial charge on any atom is -0.211 e. The molecule has 0 fully saturated rings. The Hall–Kier alpha value is -1.40. The maximum absolute atomic E-state index is 10.1. The molecule has 0 saturated carbocycles. The van der Waals surface area contributed by atoms with Crippen LogP contribution in [0.5, 0.6) is 0 Å². The second-order valence-corrected chi connectivity index (χ2v) is 4.11. The van der Waals surface area contributed by atoms with E-state index in [0.717, 1.165) is 0 Å². The van der Waals surface area contributed by atoms with E-state index in [0.29, 0.717) is 6.54 Å². The van der Waals surface area contributed by atoms with Crippen LogP contribution in [-0.4, -0.2) is 12.6 Å². The number of rotatable bonds is 3. The monoisotopic (exact) mass is 189 g/mol. The van der Waals surface area contributed by atoms with Crippen LogP contribution >= 0.6 is 0 Å². The molecule has 0 spiro atoms. The molecule has 74 valence electrons. The zero-order valence-corrected chi connectivity index (χ0v) is 8.87. The zero-order chi connectivity index (χ0) is 10.6. The highest BCUT2D eigenvalue weighted by atomic mass is 16.1. The summed E-state index contributed by atoms with van der Waals surface area (Å²) >= 11 is 0. The maximum atomic E-state index is 10.1. The van der Waals surface area contributed by atoms with E-state index in [4.69, 9.17) is 0 Å². The zero-order valence-electron chi connectivity index (χ0n) is 8.87. The van der Waals surface area contributed by atoms with Crippen LogP contribution in [0.15, 0.2) is 29.3 Å². The van der Waals surface area contributed by atoms with E-state index < -0.39 is 0 Å². The third kappa shape index (κ3) is 2.30. The van der Waals surface area contributed by atoms with E-state index in [1.807, 2.05) is 12.1 Å². The van der Waals surface area contributed by atoms with Crippen molar-refractivity contribution in [1.82, 2.24) is 0 Å². The van der Waals surface area contributed by atoms with Crippen molar-refractivity contribution in [3.63, 3.8) is 0 Å². The van der Waals surface area contributed by atoms with Gasteiger partial charge in [0.2, 0.25) is 6.08 Å². The van der Waals surface area contributed by atoms with Gasteiger partial charge in [0.05, 0.1) is 6.54 Å². The molecule has 0 N–H and O–H groups in total. The molecule has 0 aliphatic carbocycles. The molecule has 0 bridgehead atoms. The first-order valence-corrected chi connectivity index (χ1v) is 4.67. The summed E-state index contributed by atoms with van der Waals surface area (Å²) in [6, 6.07) is 8.17. The highest BCUT2D eigenvalue weighted by Crippen LogP contribution is 2.26. The normalized spacial score (nSPS) is 10.8. The van der Waals surface area contributed by atoms with Gasteiger partial charge in [-0.3, -0.25) is 0 Å². The Morgan fingerprint density at radius 3 is 2.57 bits per heavy atom. The van der Waals surface area contributed by atoms with Crippen LogP contribution in [0.2, 0.25) is 0 Å². The molecule has 0 heterocycles. The van der Waals surface area contributed by atoms with Crippen LogP contribution in [0.3, 0.4) is 0 Å². The number of nitrogens with zero attached hydrogens (tertiary/aromatic N) is 1. The average molecular weight is 189 g/mol. The molecule has 0 aliphatic heterocycles. The van der Waals surface area contributed by atoms with Gasteiger partial charge in [0.1, 0.15) is 0 Å². The number of aryl methyl sites for hydroxylation is 1. The fraction of sp³-hybridized carbons (Fsp3) is 0.417. The molecule has 0 radical (unpaired) electrons. The Morgan fingerprint density at radius 2 is 2.00 bits per heavy atom. The molecule has 2 heteroatoms. The molecule has 0 saturated heterocycles. The van der Waals surface area contributed by atoms with Crippen LogP contribution in [0, 0.1) is 6.92 Å². The predicted octanol–water partition coefficient (Wildman–Crippen LogP) is 2.61. The lowest BCUT2D eigenvalue weighted by Crippen LogP contribution is -2.22. The van der Waals surface area contributed by atoms with Gasteiger partial charge in [0.15, 0.2) is 0 Å². The largest absolute Gasteiger partial charge is 0.234 e. The average Bonchev–Trinajstić information content (AvgIpc) is 2.15.